The van der Waals surface area contributed by atoms with Crippen LogP contribution in [0.3, 0.4) is 0 Å². The van der Waals surface area contributed by atoms with Gasteiger partial charge >= 0.3 is 0 Å². The minimum absolute atomic E-state index is 0.164. The van der Waals surface area contributed by atoms with Gasteiger partial charge in [0.15, 0.2) is 4.32 Å². The molecule has 1 heterocycles. The molecule has 1 amide bonds. The van der Waals surface area contributed by atoms with Gasteiger partial charge in [0, 0.05) is 11.6 Å². The Balaban J connectivity index is 1.92. The van der Waals surface area contributed by atoms with Crippen molar-refractivity contribution in [2.24, 2.45) is 0 Å². The molecule has 26 heavy (non-hydrogen) atoms. The van der Waals surface area contributed by atoms with Crippen LogP contribution in [0.4, 0.5) is 5.69 Å². The molecule has 5 nitrogen and oxygen atoms in total. The molecule has 0 N–H and O–H groups in total. The number of hydrogen-bond acceptors (Lipinski definition) is 6. The lowest BCUT2D eigenvalue weighted by molar-refractivity contribution is -0.113. The van der Waals surface area contributed by atoms with Gasteiger partial charge < -0.3 is 14.2 Å². The van der Waals surface area contributed by atoms with Gasteiger partial charge in [0.2, 0.25) is 0 Å². The Morgan fingerprint density at radius 2 is 1.62 bits per heavy atom. The first-order valence-corrected chi connectivity index (χ1v) is 8.94. The lowest BCUT2D eigenvalue weighted by Crippen LogP contribution is -2.27. The number of thioether (sulfide) groups is 1. The van der Waals surface area contributed by atoms with Gasteiger partial charge in [-0.25, -0.2) is 0 Å². The number of carbonyl (C=O) groups is 1. The van der Waals surface area contributed by atoms with Crippen molar-refractivity contribution in [3.63, 3.8) is 0 Å². The van der Waals surface area contributed by atoms with E-state index < -0.39 is 0 Å². The average Bonchev–Trinajstić information content (AvgIpc) is 2.95. The number of methoxy groups -OCH3 is 3. The summed E-state index contributed by atoms with van der Waals surface area (Å²) in [5, 5.41) is 0. The number of nitrogens with zero attached hydrogens (tertiary/aromatic N) is 1. The van der Waals surface area contributed by atoms with Crippen LogP contribution in [-0.4, -0.2) is 31.6 Å². The fourth-order valence-corrected chi connectivity index (χ4v) is 3.79. The standard InChI is InChI=1S/C19H17NO4S2/c1-22-14-8-5-13(6-9-14)20-18(21)17(26-19(20)25)10-12-4-7-15(23-2)11-16(12)24-3/h4-11H,1-3H3/b17-10+. The van der Waals surface area contributed by atoms with E-state index in [1.54, 1.807) is 57.7 Å². The maximum Gasteiger partial charge on any atom is 0.270 e. The van der Waals surface area contributed by atoms with E-state index in [1.807, 2.05) is 12.1 Å². The third kappa shape index (κ3) is 3.54. The minimum Gasteiger partial charge on any atom is -0.497 e. The summed E-state index contributed by atoms with van der Waals surface area (Å²) in [6.07, 6.45) is 1.78. The van der Waals surface area contributed by atoms with Crippen LogP contribution >= 0.6 is 24.0 Å². The predicted molar refractivity (Wildman–Crippen MR) is 108 cm³/mol. The van der Waals surface area contributed by atoms with Crippen molar-refractivity contribution in [2.75, 3.05) is 26.2 Å². The zero-order valence-electron chi connectivity index (χ0n) is 14.5. The first-order chi connectivity index (χ1) is 12.6. The fraction of sp³-hybridized carbons (Fsp3) is 0.158. The van der Waals surface area contributed by atoms with Crippen molar-refractivity contribution in [1.29, 1.82) is 0 Å². The number of benzene rings is 2. The van der Waals surface area contributed by atoms with E-state index in [9.17, 15) is 4.79 Å². The van der Waals surface area contributed by atoms with Crippen LogP contribution in [-0.2, 0) is 4.79 Å². The van der Waals surface area contributed by atoms with Crippen molar-refractivity contribution in [3.05, 3.63) is 52.9 Å². The first kappa shape index (κ1) is 18.3. The summed E-state index contributed by atoms with van der Waals surface area (Å²) in [5.74, 6) is 1.87. The van der Waals surface area contributed by atoms with Crippen LogP contribution < -0.4 is 19.1 Å². The Bertz CT molecular complexity index is 878. The van der Waals surface area contributed by atoms with Crippen molar-refractivity contribution in [1.82, 2.24) is 0 Å². The van der Waals surface area contributed by atoms with Crippen molar-refractivity contribution in [2.45, 2.75) is 0 Å². The van der Waals surface area contributed by atoms with Crippen molar-refractivity contribution < 1.29 is 19.0 Å². The summed E-state index contributed by atoms with van der Waals surface area (Å²) < 4.78 is 16.2. The molecule has 3 rings (SSSR count). The number of anilines is 1. The van der Waals surface area contributed by atoms with Gasteiger partial charge in [-0.15, -0.1) is 0 Å². The van der Waals surface area contributed by atoms with Crippen LogP contribution in [0.15, 0.2) is 47.4 Å². The van der Waals surface area contributed by atoms with Gasteiger partial charge in [0.05, 0.1) is 31.9 Å². The Hall–Kier alpha value is -2.51. The molecule has 1 fully saturated rings. The normalized spacial score (nSPS) is 15.5. The van der Waals surface area contributed by atoms with E-state index in [1.165, 1.54) is 16.7 Å². The topological polar surface area (TPSA) is 48.0 Å². The SMILES string of the molecule is COc1ccc(N2C(=O)/C(=C\c3ccc(OC)cc3OC)SC2=S)cc1. The molecular weight excluding hydrogens is 370 g/mol. The van der Waals surface area contributed by atoms with Gasteiger partial charge in [-0.3, -0.25) is 9.69 Å². The molecule has 0 spiro atoms. The summed E-state index contributed by atoms with van der Waals surface area (Å²) in [7, 11) is 4.77. The number of ether oxygens (including phenoxy) is 3. The zero-order chi connectivity index (χ0) is 18.7. The second kappa shape index (κ2) is 7.80. The maximum atomic E-state index is 12.9. The molecule has 0 atom stereocenters. The average molecular weight is 387 g/mol. The Labute approximate surface area is 161 Å². The van der Waals surface area contributed by atoms with E-state index >= 15 is 0 Å². The zero-order valence-corrected chi connectivity index (χ0v) is 16.1. The highest BCUT2D eigenvalue weighted by Crippen LogP contribution is 2.38. The largest absolute Gasteiger partial charge is 0.497 e. The van der Waals surface area contributed by atoms with E-state index in [0.717, 1.165) is 11.3 Å². The molecule has 134 valence electrons. The quantitative estimate of drug-likeness (QED) is 0.568. The van der Waals surface area contributed by atoms with Gasteiger partial charge in [-0.1, -0.05) is 24.0 Å². The monoisotopic (exact) mass is 387 g/mol. The lowest BCUT2D eigenvalue weighted by Gasteiger charge is -2.14. The molecule has 1 aliphatic heterocycles. The highest BCUT2D eigenvalue weighted by molar-refractivity contribution is 8.27. The Kier molecular flexibility index (Phi) is 5.49. The summed E-state index contributed by atoms with van der Waals surface area (Å²) >= 11 is 6.66. The van der Waals surface area contributed by atoms with Crippen molar-refractivity contribution >= 4 is 46.0 Å². The number of carbonyl (C=O) groups excluding carboxylic acids is 1. The van der Waals surface area contributed by atoms with Crippen LogP contribution in [0, 0.1) is 0 Å². The molecule has 2 aromatic rings. The van der Waals surface area contributed by atoms with E-state index in [-0.39, 0.29) is 5.91 Å². The minimum atomic E-state index is -0.164. The molecule has 1 aliphatic rings. The summed E-state index contributed by atoms with van der Waals surface area (Å²) in [6, 6.07) is 12.6. The molecule has 0 saturated carbocycles. The molecule has 0 aromatic heterocycles. The summed E-state index contributed by atoms with van der Waals surface area (Å²) in [5.41, 5.74) is 1.49. The maximum absolute atomic E-state index is 12.9. The molecule has 2 aromatic carbocycles. The van der Waals surface area contributed by atoms with E-state index in [2.05, 4.69) is 0 Å². The fourth-order valence-electron chi connectivity index (χ4n) is 2.50. The molecule has 0 aliphatic carbocycles. The van der Waals surface area contributed by atoms with Crippen LogP contribution in [0.2, 0.25) is 0 Å². The lowest BCUT2D eigenvalue weighted by atomic mass is 10.1. The highest BCUT2D eigenvalue weighted by atomic mass is 32.2. The number of hydrogen-bond donors (Lipinski definition) is 0. The number of rotatable bonds is 5. The third-order valence-electron chi connectivity index (χ3n) is 3.85. The second-order valence-electron chi connectivity index (χ2n) is 5.32. The van der Waals surface area contributed by atoms with Gasteiger partial charge in [-0.2, -0.15) is 0 Å². The molecule has 0 radical (unpaired) electrons. The van der Waals surface area contributed by atoms with Crippen LogP contribution in [0.25, 0.3) is 6.08 Å². The molecule has 7 heteroatoms. The third-order valence-corrected chi connectivity index (χ3v) is 5.15. The summed E-state index contributed by atoms with van der Waals surface area (Å²) in [6.45, 7) is 0. The number of amides is 1. The second-order valence-corrected chi connectivity index (χ2v) is 7.00. The van der Waals surface area contributed by atoms with Gasteiger partial charge in [-0.05, 0) is 42.5 Å². The van der Waals surface area contributed by atoms with Gasteiger partial charge in [0.25, 0.3) is 5.91 Å². The number of thiocarbonyl (C=S) groups is 1. The molecule has 0 unspecified atom stereocenters. The highest BCUT2D eigenvalue weighted by Gasteiger charge is 2.33. The van der Waals surface area contributed by atoms with E-state index in [4.69, 9.17) is 26.4 Å². The van der Waals surface area contributed by atoms with Crippen LogP contribution in [0.5, 0.6) is 17.2 Å². The first-order valence-electron chi connectivity index (χ1n) is 7.71. The molecule has 1 saturated heterocycles. The summed E-state index contributed by atoms with van der Waals surface area (Å²) in [4.78, 5) is 14.9. The van der Waals surface area contributed by atoms with Crippen LogP contribution in [0.1, 0.15) is 5.56 Å². The van der Waals surface area contributed by atoms with E-state index in [0.29, 0.717) is 26.4 Å². The Morgan fingerprint density at radius 3 is 2.23 bits per heavy atom. The van der Waals surface area contributed by atoms with Gasteiger partial charge in [0.1, 0.15) is 17.2 Å². The molecule has 0 bridgehead atoms. The smallest absolute Gasteiger partial charge is 0.270 e. The molecular formula is C19H17NO4S2. The van der Waals surface area contributed by atoms with Crippen molar-refractivity contribution in [3.8, 4) is 17.2 Å². The Morgan fingerprint density at radius 1 is 0.962 bits per heavy atom. The predicted octanol–water partition coefficient (Wildman–Crippen LogP) is 4.12.